The van der Waals surface area contributed by atoms with Gasteiger partial charge in [-0.3, -0.25) is 4.68 Å². The molecular weight excluding hydrogens is 318 g/mol. The molecule has 1 aliphatic heterocycles. The van der Waals surface area contributed by atoms with Crippen molar-refractivity contribution in [2.45, 2.75) is 58.6 Å². The number of aliphatic hydroxyl groups is 1. The highest BCUT2D eigenvalue weighted by molar-refractivity contribution is 9.10. The van der Waals surface area contributed by atoms with Crippen molar-refractivity contribution < 1.29 is 5.11 Å². The summed E-state index contributed by atoms with van der Waals surface area (Å²) in [4.78, 5) is 2.45. The molecule has 20 heavy (non-hydrogen) atoms. The van der Waals surface area contributed by atoms with Crippen LogP contribution in [0.25, 0.3) is 0 Å². The van der Waals surface area contributed by atoms with E-state index in [2.05, 4.69) is 39.8 Å². The van der Waals surface area contributed by atoms with Crippen LogP contribution >= 0.6 is 15.9 Å². The molecule has 1 aliphatic rings. The lowest BCUT2D eigenvalue weighted by molar-refractivity contribution is -0.0220. The van der Waals surface area contributed by atoms with Gasteiger partial charge in [0.1, 0.15) is 0 Å². The van der Waals surface area contributed by atoms with Gasteiger partial charge in [0, 0.05) is 26.1 Å². The van der Waals surface area contributed by atoms with Gasteiger partial charge >= 0.3 is 0 Å². The molecule has 1 saturated heterocycles. The van der Waals surface area contributed by atoms with Gasteiger partial charge in [0.15, 0.2) is 0 Å². The molecule has 0 amide bonds. The molecule has 0 aromatic carbocycles. The molecule has 1 fully saturated rings. The van der Waals surface area contributed by atoms with Gasteiger partial charge < -0.3 is 10.0 Å². The molecule has 5 heteroatoms. The molecule has 0 radical (unpaired) electrons. The zero-order valence-electron chi connectivity index (χ0n) is 12.8. The number of nitrogens with zero attached hydrogens (tertiary/aromatic N) is 3. The summed E-state index contributed by atoms with van der Waals surface area (Å²) < 4.78 is 3.07. The van der Waals surface area contributed by atoms with Crippen LogP contribution in [-0.2, 0) is 13.0 Å². The van der Waals surface area contributed by atoms with Crippen LogP contribution in [0.3, 0.4) is 0 Å². The van der Waals surface area contributed by atoms with Crippen molar-refractivity contribution in [3.8, 4) is 0 Å². The van der Waals surface area contributed by atoms with Crippen molar-refractivity contribution in [3.63, 3.8) is 0 Å². The third-order valence-electron chi connectivity index (χ3n) is 4.28. The van der Waals surface area contributed by atoms with Crippen LogP contribution in [0.15, 0.2) is 4.47 Å². The maximum absolute atomic E-state index is 10.9. The number of likely N-dealkylation sites (tertiary alicyclic amines) is 1. The first-order valence-corrected chi connectivity index (χ1v) is 8.45. The van der Waals surface area contributed by atoms with Crippen LogP contribution in [-0.4, -0.2) is 45.0 Å². The molecular formula is C15H26BrN3O. The highest BCUT2D eigenvalue weighted by atomic mass is 79.9. The second-order valence-electron chi connectivity index (χ2n) is 5.90. The van der Waals surface area contributed by atoms with Gasteiger partial charge in [-0.25, -0.2) is 0 Å². The monoisotopic (exact) mass is 343 g/mol. The lowest BCUT2D eigenvalue weighted by atomic mass is 9.87. The highest BCUT2D eigenvalue weighted by Gasteiger charge is 2.34. The normalized spacial score (nSPS) is 19.4. The Hall–Kier alpha value is -0.390. The van der Waals surface area contributed by atoms with Gasteiger partial charge in [-0.2, -0.15) is 5.10 Å². The fraction of sp³-hybridized carbons (Fsp3) is 0.800. The number of hydrogen-bond donors (Lipinski definition) is 1. The van der Waals surface area contributed by atoms with E-state index in [1.54, 1.807) is 0 Å². The molecule has 1 N–H and O–H groups in total. The first kappa shape index (κ1) is 16.0. The van der Waals surface area contributed by atoms with E-state index in [4.69, 9.17) is 0 Å². The molecule has 0 saturated carbocycles. The number of piperidine rings is 1. The van der Waals surface area contributed by atoms with E-state index in [-0.39, 0.29) is 0 Å². The largest absolute Gasteiger partial charge is 0.389 e. The van der Waals surface area contributed by atoms with Gasteiger partial charge in [-0.1, -0.05) is 6.92 Å². The molecule has 0 atom stereocenters. The van der Waals surface area contributed by atoms with Gasteiger partial charge in [-0.05, 0) is 55.6 Å². The number of hydrogen-bond acceptors (Lipinski definition) is 3. The quantitative estimate of drug-likeness (QED) is 0.893. The van der Waals surface area contributed by atoms with Crippen molar-refractivity contribution >= 4 is 15.9 Å². The Bertz CT molecular complexity index is 450. The highest BCUT2D eigenvalue weighted by Crippen LogP contribution is 2.30. The lowest BCUT2D eigenvalue weighted by Gasteiger charge is -2.38. The minimum atomic E-state index is -0.577. The summed E-state index contributed by atoms with van der Waals surface area (Å²) in [5, 5.41) is 15.4. The Balaban J connectivity index is 2.06. The number of halogens is 1. The number of rotatable bonds is 5. The first-order valence-electron chi connectivity index (χ1n) is 7.65. The molecule has 0 unspecified atom stereocenters. The van der Waals surface area contributed by atoms with E-state index < -0.39 is 5.60 Å². The van der Waals surface area contributed by atoms with Crippen LogP contribution in [0.1, 0.15) is 44.5 Å². The van der Waals surface area contributed by atoms with Crippen molar-refractivity contribution in [1.82, 2.24) is 14.7 Å². The summed E-state index contributed by atoms with van der Waals surface area (Å²) in [6, 6.07) is 0. The smallest absolute Gasteiger partial charge is 0.0738 e. The van der Waals surface area contributed by atoms with E-state index in [0.717, 1.165) is 54.9 Å². The molecule has 1 aromatic heterocycles. The van der Waals surface area contributed by atoms with E-state index in [1.807, 2.05) is 11.6 Å². The van der Waals surface area contributed by atoms with Crippen molar-refractivity contribution in [1.29, 1.82) is 0 Å². The summed E-state index contributed by atoms with van der Waals surface area (Å²) in [6.07, 6.45) is 3.59. The van der Waals surface area contributed by atoms with Gasteiger partial charge in [0.25, 0.3) is 0 Å². The lowest BCUT2D eigenvalue weighted by Crippen LogP contribution is -2.46. The third-order valence-corrected chi connectivity index (χ3v) is 5.31. The number of aryl methyl sites for hydroxylation is 2. The molecule has 0 spiro atoms. The van der Waals surface area contributed by atoms with E-state index in [1.165, 1.54) is 6.42 Å². The predicted octanol–water partition coefficient (Wildman–Crippen LogP) is 2.75. The SMILES string of the molecule is CCCN1CCC(O)(Cc2c(Br)c(C)nn2CC)CC1. The Morgan fingerprint density at radius 3 is 2.50 bits per heavy atom. The Labute approximate surface area is 130 Å². The third kappa shape index (κ3) is 3.43. The van der Waals surface area contributed by atoms with Crippen LogP contribution in [0.4, 0.5) is 0 Å². The fourth-order valence-corrected chi connectivity index (χ4v) is 3.46. The molecule has 2 heterocycles. The van der Waals surface area contributed by atoms with Gasteiger partial charge in [-0.15, -0.1) is 0 Å². The van der Waals surface area contributed by atoms with Crippen LogP contribution < -0.4 is 0 Å². The average Bonchev–Trinajstić information content (AvgIpc) is 2.69. The maximum Gasteiger partial charge on any atom is 0.0738 e. The summed E-state index contributed by atoms with van der Waals surface area (Å²) in [7, 11) is 0. The Morgan fingerprint density at radius 1 is 1.30 bits per heavy atom. The van der Waals surface area contributed by atoms with Gasteiger partial charge in [0.2, 0.25) is 0 Å². The zero-order valence-corrected chi connectivity index (χ0v) is 14.4. The van der Waals surface area contributed by atoms with Crippen LogP contribution in [0.2, 0.25) is 0 Å². The van der Waals surface area contributed by atoms with E-state index in [0.29, 0.717) is 6.42 Å². The summed E-state index contributed by atoms with van der Waals surface area (Å²) in [5.41, 5.74) is 1.57. The van der Waals surface area contributed by atoms with Crippen molar-refractivity contribution in [3.05, 3.63) is 15.9 Å². The topological polar surface area (TPSA) is 41.3 Å². The molecule has 0 aliphatic carbocycles. The second kappa shape index (κ2) is 6.58. The van der Waals surface area contributed by atoms with Crippen LogP contribution in [0.5, 0.6) is 0 Å². The van der Waals surface area contributed by atoms with E-state index >= 15 is 0 Å². The molecule has 2 rings (SSSR count). The first-order chi connectivity index (χ1) is 9.49. The van der Waals surface area contributed by atoms with Gasteiger partial charge in [0.05, 0.1) is 21.5 Å². The van der Waals surface area contributed by atoms with Crippen molar-refractivity contribution in [2.24, 2.45) is 0 Å². The fourth-order valence-electron chi connectivity index (χ4n) is 3.04. The van der Waals surface area contributed by atoms with Crippen LogP contribution in [0, 0.1) is 6.92 Å². The predicted molar refractivity (Wildman–Crippen MR) is 85.0 cm³/mol. The minimum Gasteiger partial charge on any atom is -0.389 e. The molecule has 1 aromatic rings. The second-order valence-corrected chi connectivity index (χ2v) is 6.70. The van der Waals surface area contributed by atoms with Crippen molar-refractivity contribution in [2.75, 3.05) is 19.6 Å². The zero-order chi connectivity index (χ0) is 14.8. The summed E-state index contributed by atoms with van der Waals surface area (Å²) in [5.74, 6) is 0. The molecule has 114 valence electrons. The maximum atomic E-state index is 10.9. The molecule has 0 bridgehead atoms. The van der Waals surface area contributed by atoms with E-state index in [9.17, 15) is 5.11 Å². The average molecular weight is 344 g/mol. The minimum absolute atomic E-state index is 0.577. The Kier molecular flexibility index (Phi) is 5.26. The standard InChI is InChI=1S/C15H26BrN3O/c1-4-8-18-9-6-15(20,7-10-18)11-13-14(16)12(3)17-19(13)5-2/h20H,4-11H2,1-3H3. The molecule has 4 nitrogen and oxygen atoms in total. The summed E-state index contributed by atoms with van der Waals surface area (Å²) >= 11 is 3.62. The Morgan fingerprint density at radius 2 is 1.95 bits per heavy atom. The summed E-state index contributed by atoms with van der Waals surface area (Å²) in [6.45, 7) is 10.3. The number of aromatic nitrogens is 2.